The van der Waals surface area contributed by atoms with Crippen LogP contribution in [0.3, 0.4) is 0 Å². The van der Waals surface area contributed by atoms with Crippen molar-refractivity contribution in [2.45, 2.75) is 34.1 Å². The van der Waals surface area contributed by atoms with Gasteiger partial charge in [0, 0.05) is 29.9 Å². The molecule has 0 saturated heterocycles. The molecule has 3 aromatic rings. The van der Waals surface area contributed by atoms with Gasteiger partial charge in [0.1, 0.15) is 17.3 Å². The molecule has 124 valence electrons. The molecule has 0 aliphatic rings. The first-order valence-electron chi connectivity index (χ1n) is 7.83. The van der Waals surface area contributed by atoms with E-state index >= 15 is 0 Å². The molecule has 3 rings (SSSR count). The summed E-state index contributed by atoms with van der Waals surface area (Å²) in [6.07, 6.45) is 2.33. The van der Waals surface area contributed by atoms with Gasteiger partial charge in [0.2, 0.25) is 5.95 Å². The molecule has 7 heteroatoms. The SMILES string of the molecule is Cc1cc(C)nc(CCNc2nncc(-c3cc(C)oc3C)n2)n1. The lowest BCUT2D eigenvalue weighted by atomic mass is 10.2. The van der Waals surface area contributed by atoms with Crippen LogP contribution in [-0.4, -0.2) is 31.7 Å². The van der Waals surface area contributed by atoms with E-state index in [1.165, 1.54) is 0 Å². The third kappa shape index (κ3) is 3.73. The average molecular weight is 324 g/mol. The molecular formula is C17H20N6O. The van der Waals surface area contributed by atoms with Gasteiger partial charge in [-0.25, -0.2) is 15.0 Å². The Balaban J connectivity index is 1.68. The third-order valence-corrected chi connectivity index (χ3v) is 3.54. The molecule has 0 unspecified atom stereocenters. The maximum absolute atomic E-state index is 5.55. The quantitative estimate of drug-likeness (QED) is 0.771. The molecule has 7 nitrogen and oxygen atoms in total. The van der Waals surface area contributed by atoms with Gasteiger partial charge in [-0.15, -0.1) is 5.10 Å². The fourth-order valence-corrected chi connectivity index (χ4v) is 2.59. The van der Waals surface area contributed by atoms with Crippen LogP contribution in [-0.2, 0) is 6.42 Å². The number of rotatable bonds is 5. The topological polar surface area (TPSA) is 89.6 Å². The second-order valence-electron chi connectivity index (χ2n) is 5.74. The lowest BCUT2D eigenvalue weighted by molar-refractivity contribution is 0.505. The van der Waals surface area contributed by atoms with E-state index < -0.39 is 0 Å². The smallest absolute Gasteiger partial charge is 0.243 e. The Morgan fingerprint density at radius 3 is 2.42 bits per heavy atom. The van der Waals surface area contributed by atoms with Gasteiger partial charge in [-0.2, -0.15) is 5.10 Å². The van der Waals surface area contributed by atoms with Crippen LogP contribution >= 0.6 is 0 Å². The highest BCUT2D eigenvalue weighted by atomic mass is 16.3. The monoisotopic (exact) mass is 324 g/mol. The van der Waals surface area contributed by atoms with Crippen LogP contribution in [0, 0.1) is 27.7 Å². The average Bonchev–Trinajstić information content (AvgIpc) is 2.85. The van der Waals surface area contributed by atoms with Gasteiger partial charge in [-0.05, 0) is 39.8 Å². The molecule has 3 heterocycles. The fourth-order valence-electron chi connectivity index (χ4n) is 2.59. The fraction of sp³-hybridized carbons (Fsp3) is 0.353. The minimum absolute atomic E-state index is 0.482. The van der Waals surface area contributed by atoms with Crippen LogP contribution in [0.15, 0.2) is 22.7 Å². The number of nitrogens with zero attached hydrogens (tertiary/aromatic N) is 5. The largest absolute Gasteiger partial charge is 0.466 e. The lowest BCUT2D eigenvalue weighted by Gasteiger charge is -2.06. The first kappa shape index (κ1) is 16.0. The summed E-state index contributed by atoms with van der Waals surface area (Å²) in [5.41, 5.74) is 3.62. The van der Waals surface area contributed by atoms with Gasteiger partial charge in [-0.3, -0.25) is 0 Å². The van der Waals surface area contributed by atoms with Gasteiger partial charge < -0.3 is 9.73 Å². The van der Waals surface area contributed by atoms with Crippen molar-refractivity contribution in [2.75, 3.05) is 11.9 Å². The summed E-state index contributed by atoms with van der Waals surface area (Å²) in [6.45, 7) is 8.40. The van der Waals surface area contributed by atoms with E-state index in [1.807, 2.05) is 39.8 Å². The number of hydrogen-bond donors (Lipinski definition) is 1. The lowest BCUT2D eigenvalue weighted by Crippen LogP contribution is -2.11. The molecule has 0 aromatic carbocycles. The molecule has 0 fully saturated rings. The van der Waals surface area contributed by atoms with Gasteiger partial charge in [-0.1, -0.05) is 0 Å². The first-order valence-corrected chi connectivity index (χ1v) is 7.83. The number of aryl methyl sites for hydroxylation is 4. The van der Waals surface area contributed by atoms with Crippen LogP contribution in [0.4, 0.5) is 5.95 Å². The Kier molecular flexibility index (Phi) is 4.50. The molecule has 0 bridgehead atoms. The molecule has 0 amide bonds. The van der Waals surface area contributed by atoms with Crippen molar-refractivity contribution in [1.82, 2.24) is 25.1 Å². The highest BCUT2D eigenvalue weighted by Gasteiger charge is 2.10. The van der Waals surface area contributed by atoms with Crippen LogP contribution < -0.4 is 5.32 Å². The Bertz CT molecular complexity index is 838. The molecule has 3 aromatic heterocycles. The highest BCUT2D eigenvalue weighted by Crippen LogP contribution is 2.24. The number of nitrogens with one attached hydrogen (secondary N) is 1. The van der Waals surface area contributed by atoms with Crippen molar-refractivity contribution in [3.05, 3.63) is 47.1 Å². The Labute approximate surface area is 140 Å². The molecule has 0 spiro atoms. The van der Waals surface area contributed by atoms with Crippen molar-refractivity contribution >= 4 is 5.95 Å². The van der Waals surface area contributed by atoms with Crippen molar-refractivity contribution < 1.29 is 4.42 Å². The minimum Gasteiger partial charge on any atom is -0.466 e. The van der Waals surface area contributed by atoms with E-state index in [2.05, 4.69) is 30.5 Å². The minimum atomic E-state index is 0.482. The first-order chi connectivity index (χ1) is 11.5. The predicted molar refractivity (Wildman–Crippen MR) is 90.7 cm³/mol. The van der Waals surface area contributed by atoms with E-state index in [1.54, 1.807) is 6.20 Å². The molecule has 0 aliphatic heterocycles. The van der Waals surface area contributed by atoms with Gasteiger partial charge in [0.25, 0.3) is 0 Å². The number of aromatic nitrogens is 5. The maximum atomic E-state index is 5.55. The third-order valence-electron chi connectivity index (χ3n) is 3.54. The van der Waals surface area contributed by atoms with Crippen LogP contribution in [0.2, 0.25) is 0 Å². The zero-order valence-corrected chi connectivity index (χ0v) is 14.3. The summed E-state index contributed by atoms with van der Waals surface area (Å²) >= 11 is 0. The standard InChI is InChI=1S/C17H20N6O/c1-10-7-11(2)21-16(20-10)5-6-18-17-22-15(9-19-23-17)14-8-12(3)24-13(14)4/h7-9H,5-6H2,1-4H3,(H,18,22,23). The normalized spacial score (nSPS) is 10.8. The maximum Gasteiger partial charge on any atom is 0.243 e. The van der Waals surface area contributed by atoms with Crippen LogP contribution in [0.25, 0.3) is 11.3 Å². The summed E-state index contributed by atoms with van der Waals surface area (Å²) in [6, 6.07) is 3.91. The molecule has 0 atom stereocenters. The van der Waals surface area contributed by atoms with Crippen LogP contribution in [0.5, 0.6) is 0 Å². The van der Waals surface area contributed by atoms with Crippen molar-refractivity contribution in [2.24, 2.45) is 0 Å². The Morgan fingerprint density at radius 1 is 1.00 bits per heavy atom. The van der Waals surface area contributed by atoms with Gasteiger partial charge >= 0.3 is 0 Å². The van der Waals surface area contributed by atoms with E-state index in [9.17, 15) is 0 Å². The molecule has 24 heavy (non-hydrogen) atoms. The second kappa shape index (κ2) is 6.74. The molecule has 0 saturated carbocycles. The summed E-state index contributed by atoms with van der Waals surface area (Å²) in [7, 11) is 0. The van der Waals surface area contributed by atoms with Crippen molar-refractivity contribution in [3.8, 4) is 11.3 Å². The Hall–Kier alpha value is -2.83. The van der Waals surface area contributed by atoms with E-state index in [0.717, 1.165) is 40.0 Å². The van der Waals surface area contributed by atoms with Crippen LogP contribution in [0.1, 0.15) is 28.7 Å². The Morgan fingerprint density at radius 2 is 1.75 bits per heavy atom. The van der Waals surface area contributed by atoms with E-state index in [4.69, 9.17) is 4.42 Å². The number of furan rings is 1. The second-order valence-corrected chi connectivity index (χ2v) is 5.74. The summed E-state index contributed by atoms with van der Waals surface area (Å²) < 4.78 is 5.55. The van der Waals surface area contributed by atoms with Gasteiger partial charge in [0.05, 0.1) is 11.9 Å². The highest BCUT2D eigenvalue weighted by molar-refractivity contribution is 5.61. The van der Waals surface area contributed by atoms with E-state index in [0.29, 0.717) is 18.9 Å². The zero-order valence-electron chi connectivity index (χ0n) is 14.3. The van der Waals surface area contributed by atoms with Crippen molar-refractivity contribution in [1.29, 1.82) is 0 Å². The number of anilines is 1. The summed E-state index contributed by atoms with van der Waals surface area (Å²) in [5.74, 6) is 2.96. The molecular weight excluding hydrogens is 304 g/mol. The molecule has 0 aliphatic carbocycles. The van der Waals surface area contributed by atoms with E-state index in [-0.39, 0.29) is 0 Å². The molecule has 0 radical (unpaired) electrons. The van der Waals surface area contributed by atoms with Gasteiger partial charge in [0.15, 0.2) is 0 Å². The zero-order chi connectivity index (χ0) is 17.1. The molecule has 1 N–H and O–H groups in total. The summed E-state index contributed by atoms with van der Waals surface area (Å²) in [5, 5.41) is 11.2. The predicted octanol–water partition coefficient (Wildman–Crippen LogP) is 2.81. The number of hydrogen-bond acceptors (Lipinski definition) is 7. The van der Waals surface area contributed by atoms with Crippen molar-refractivity contribution in [3.63, 3.8) is 0 Å². The summed E-state index contributed by atoms with van der Waals surface area (Å²) in [4.78, 5) is 13.3.